The summed E-state index contributed by atoms with van der Waals surface area (Å²) in [6.07, 6.45) is 2.20. The average Bonchev–Trinajstić information content (AvgIpc) is 2.80. The molecule has 5 rings (SSSR count). The molecule has 5 atom stereocenters. The molecule has 1 aliphatic heterocycles. The second kappa shape index (κ2) is 4.03. The summed E-state index contributed by atoms with van der Waals surface area (Å²) in [5.74, 6) is -0.397. The van der Waals surface area contributed by atoms with E-state index < -0.39 is 5.79 Å². The lowest BCUT2D eigenvalue weighted by atomic mass is 9.56. The van der Waals surface area contributed by atoms with E-state index in [0.29, 0.717) is 12.5 Å². The lowest BCUT2D eigenvalue weighted by molar-refractivity contribution is -0.216. The molecule has 0 unspecified atom stereocenters. The monoisotopic (exact) mass is 270 g/mol. The van der Waals surface area contributed by atoms with Gasteiger partial charge in [0.1, 0.15) is 0 Å². The quantitative estimate of drug-likeness (QED) is 0.775. The van der Waals surface area contributed by atoms with Crippen molar-refractivity contribution in [3.05, 3.63) is 47.5 Å². The highest BCUT2D eigenvalue weighted by molar-refractivity contribution is 5.95. The van der Waals surface area contributed by atoms with E-state index in [4.69, 9.17) is 9.47 Å². The van der Waals surface area contributed by atoms with E-state index in [1.807, 2.05) is 18.2 Å². The van der Waals surface area contributed by atoms with Crippen LogP contribution in [0.3, 0.4) is 0 Å². The molecular formula is C17H18O3. The zero-order valence-corrected chi connectivity index (χ0v) is 11.7. The minimum atomic E-state index is -1.01. The smallest absolute Gasteiger partial charge is 0.236 e. The number of methoxy groups -OCH3 is 1. The van der Waals surface area contributed by atoms with Crippen LogP contribution < -0.4 is 0 Å². The van der Waals surface area contributed by atoms with E-state index >= 15 is 0 Å². The predicted molar refractivity (Wildman–Crippen MR) is 74.1 cm³/mol. The van der Waals surface area contributed by atoms with Gasteiger partial charge in [0.2, 0.25) is 5.79 Å². The molecule has 3 aliphatic carbocycles. The Balaban J connectivity index is 1.87. The van der Waals surface area contributed by atoms with Gasteiger partial charge in [0, 0.05) is 24.9 Å². The molecule has 104 valence electrons. The molecule has 1 aromatic carbocycles. The molecular weight excluding hydrogens is 252 g/mol. The number of allylic oxidation sites excluding steroid dienone is 1. The van der Waals surface area contributed by atoms with E-state index in [0.717, 1.165) is 0 Å². The zero-order valence-electron chi connectivity index (χ0n) is 11.7. The van der Waals surface area contributed by atoms with Crippen molar-refractivity contribution in [3.63, 3.8) is 0 Å². The van der Waals surface area contributed by atoms with Gasteiger partial charge in [-0.05, 0) is 12.5 Å². The van der Waals surface area contributed by atoms with Crippen LogP contribution in [0, 0.1) is 17.8 Å². The second-order valence-electron chi connectivity index (χ2n) is 6.06. The Morgan fingerprint density at radius 3 is 2.75 bits per heavy atom. The van der Waals surface area contributed by atoms with E-state index in [9.17, 15) is 4.79 Å². The van der Waals surface area contributed by atoms with Crippen molar-refractivity contribution in [1.29, 1.82) is 0 Å². The van der Waals surface area contributed by atoms with Crippen LogP contribution in [0.4, 0.5) is 0 Å². The van der Waals surface area contributed by atoms with Crippen LogP contribution in [-0.2, 0) is 14.3 Å². The molecule has 3 nitrogen and oxygen atoms in total. The van der Waals surface area contributed by atoms with Crippen molar-refractivity contribution in [2.75, 3.05) is 13.7 Å². The summed E-state index contributed by atoms with van der Waals surface area (Å²) in [6, 6.07) is 10.3. The van der Waals surface area contributed by atoms with Crippen molar-refractivity contribution in [1.82, 2.24) is 0 Å². The molecule has 4 aliphatic rings. The fourth-order valence-corrected chi connectivity index (χ4v) is 4.41. The number of ether oxygens (including phenoxy) is 2. The maximum absolute atomic E-state index is 12.9. The summed E-state index contributed by atoms with van der Waals surface area (Å²) in [5, 5.41) is 0. The van der Waals surface area contributed by atoms with Gasteiger partial charge >= 0.3 is 0 Å². The minimum Gasteiger partial charge on any atom is -0.347 e. The van der Waals surface area contributed by atoms with Crippen LogP contribution in [0.15, 0.2) is 42.0 Å². The lowest BCUT2D eigenvalue weighted by Gasteiger charge is -2.48. The van der Waals surface area contributed by atoms with E-state index in [-0.39, 0.29) is 23.5 Å². The maximum atomic E-state index is 12.9. The number of ketones is 1. The molecule has 0 amide bonds. The van der Waals surface area contributed by atoms with E-state index in [1.165, 1.54) is 11.1 Å². The first-order valence-electron chi connectivity index (χ1n) is 7.15. The third-order valence-corrected chi connectivity index (χ3v) is 5.26. The number of carbonyl (C=O) groups is 1. The molecule has 1 saturated heterocycles. The molecule has 0 spiro atoms. The highest BCUT2D eigenvalue weighted by Gasteiger charge is 2.67. The Bertz CT molecular complexity index is 592. The van der Waals surface area contributed by atoms with Gasteiger partial charge in [0.05, 0.1) is 12.5 Å². The van der Waals surface area contributed by atoms with Crippen LogP contribution in [-0.4, -0.2) is 25.3 Å². The van der Waals surface area contributed by atoms with Crippen molar-refractivity contribution in [2.45, 2.75) is 18.6 Å². The van der Waals surface area contributed by atoms with Crippen LogP contribution in [0.25, 0.3) is 0 Å². The Hall–Kier alpha value is -1.45. The zero-order chi connectivity index (χ0) is 13.9. The Kier molecular flexibility index (Phi) is 2.48. The van der Waals surface area contributed by atoms with Gasteiger partial charge < -0.3 is 9.47 Å². The Labute approximate surface area is 118 Å². The first kappa shape index (κ1) is 12.3. The van der Waals surface area contributed by atoms with Gasteiger partial charge in [0.15, 0.2) is 5.78 Å². The van der Waals surface area contributed by atoms with Gasteiger partial charge in [-0.25, -0.2) is 0 Å². The number of Topliss-reactive ketones (excluding diaryl/α,β-unsaturated/α-hetero) is 1. The highest BCUT2D eigenvalue weighted by Crippen LogP contribution is 2.59. The minimum absolute atomic E-state index is 0.0511. The standard InChI is InChI=1S/C17H18O3/c1-10-8-13-12-9-20-17(13,19-2)16(18)14(10)15(12)11-6-4-3-5-7-11/h3-8,12-15H,9H2,1-2H3/t12-,13-,14+,15+,17+/m0/s1. The number of benzene rings is 1. The summed E-state index contributed by atoms with van der Waals surface area (Å²) in [4.78, 5) is 12.9. The molecule has 4 bridgehead atoms. The fraction of sp³-hybridized carbons (Fsp3) is 0.471. The van der Waals surface area contributed by atoms with Gasteiger partial charge in [-0.15, -0.1) is 0 Å². The number of hydrogen-bond acceptors (Lipinski definition) is 3. The third kappa shape index (κ3) is 1.30. The van der Waals surface area contributed by atoms with E-state index in [2.05, 4.69) is 25.1 Å². The van der Waals surface area contributed by atoms with Gasteiger partial charge in [-0.3, -0.25) is 4.79 Å². The number of hydrogen-bond donors (Lipinski definition) is 0. The third-order valence-electron chi connectivity index (χ3n) is 5.26. The molecule has 1 heterocycles. The first-order chi connectivity index (χ1) is 9.69. The maximum Gasteiger partial charge on any atom is 0.236 e. The molecule has 1 saturated carbocycles. The van der Waals surface area contributed by atoms with Crippen LogP contribution in [0.5, 0.6) is 0 Å². The summed E-state index contributed by atoms with van der Waals surface area (Å²) in [5.41, 5.74) is 2.41. The SMILES string of the molecule is CO[C@]12OC[C@@H]3[C@@H](c4ccccc4)[C@H](C1=O)C(C)=C[C@@H]32. The van der Waals surface area contributed by atoms with Crippen LogP contribution in [0.2, 0.25) is 0 Å². The van der Waals surface area contributed by atoms with Crippen molar-refractivity contribution in [2.24, 2.45) is 17.8 Å². The van der Waals surface area contributed by atoms with Gasteiger partial charge in [-0.1, -0.05) is 42.0 Å². The fourth-order valence-electron chi connectivity index (χ4n) is 4.41. The lowest BCUT2D eigenvalue weighted by Crippen LogP contribution is -2.58. The predicted octanol–water partition coefficient (Wildman–Crippen LogP) is 2.53. The Morgan fingerprint density at radius 2 is 2.05 bits per heavy atom. The highest BCUT2D eigenvalue weighted by atomic mass is 16.7. The summed E-state index contributed by atoms with van der Waals surface area (Å²) >= 11 is 0. The van der Waals surface area contributed by atoms with Crippen molar-refractivity contribution >= 4 is 5.78 Å². The van der Waals surface area contributed by atoms with Gasteiger partial charge in [-0.2, -0.15) is 0 Å². The van der Waals surface area contributed by atoms with E-state index in [1.54, 1.807) is 7.11 Å². The molecule has 20 heavy (non-hydrogen) atoms. The van der Waals surface area contributed by atoms with Gasteiger partial charge in [0.25, 0.3) is 0 Å². The number of rotatable bonds is 2. The largest absolute Gasteiger partial charge is 0.347 e. The van der Waals surface area contributed by atoms with Crippen molar-refractivity contribution < 1.29 is 14.3 Å². The van der Waals surface area contributed by atoms with Crippen molar-refractivity contribution in [3.8, 4) is 0 Å². The summed E-state index contributed by atoms with van der Waals surface area (Å²) in [7, 11) is 1.58. The molecule has 0 aromatic heterocycles. The normalized spacial score (nSPS) is 41.9. The molecule has 0 radical (unpaired) electrons. The molecule has 0 N–H and O–H groups in total. The average molecular weight is 270 g/mol. The molecule has 1 aromatic rings. The first-order valence-corrected chi connectivity index (χ1v) is 7.15. The summed E-state index contributed by atoms with van der Waals surface area (Å²) in [6.45, 7) is 2.66. The molecule has 2 fully saturated rings. The topological polar surface area (TPSA) is 35.5 Å². The number of carbonyl (C=O) groups excluding carboxylic acids is 1. The van der Waals surface area contributed by atoms with Crippen LogP contribution >= 0.6 is 0 Å². The molecule has 3 heteroatoms. The Morgan fingerprint density at radius 1 is 1.30 bits per heavy atom. The summed E-state index contributed by atoms with van der Waals surface area (Å²) < 4.78 is 11.4. The van der Waals surface area contributed by atoms with Crippen LogP contribution in [0.1, 0.15) is 18.4 Å². The second-order valence-corrected chi connectivity index (χ2v) is 6.06.